The first-order valence-electron chi connectivity index (χ1n) is 7.42. The lowest BCUT2D eigenvalue weighted by atomic mass is 10.2. The van der Waals surface area contributed by atoms with Crippen molar-refractivity contribution in [1.82, 2.24) is 20.3 Å². The van der Waals surface area contributed by atoms with Gasteiger partial charge in [0.25, 0.3) is 0 Å². The summed E-state index contributed by atoms with van der Waals surface area (Å²) >= 11 is 10.8. The van der Waals surface area contributed by atoms with Gasteiger partial charge in [-0.3, -0.25) is 0 Å². The fraction of sp³-hybridized carbons (Fsp3) is 0.333. The molecule has 24 heavy (non-hydrogen) atoms. The summed E-state index contributed by atoms with van der Waals surface area (Å²) in [4.78, 5) is 4.40. The monoisotopic (exact) mass is 398 g/mol. The van der Waals surface area contributed by atoms with Gasteiger partial charge in [-0.25, -0.2) is 0 Å². The Hall–Kier alpha value is -1.09. The standard InChI is InChI=1S/C15H15ClN4OS3/c1-2-3-8-22-14-18-19-15(24-14)23-9-12-17-13(20-21-12)10-4-6-11(16)7-5-10/h4-7H,2-3,8-9H2,1H3. The van der Waals surface area contributed by atoms with Crippen molar-refractivity contribution >= 4 is 46.5 Å². The highest BCUT2D eigenvalue weighted by molar-refractivity contribution is 8.02. The Morgan fingerprint density at radius 3 is 2.62 bits per heavy atom. The van der Waals surface area contributed by atoms with E-state index in [0.29, 0.717) is 22.5 Å². The lowest BCUT2D eigenvalue weighted by molar-refractivity contribution is 0.391. The van der Waals surface area contributed by atoms with Crippen molar-refractivity contribution < 1.29 is 4.52 Å². The molecule has 0 unspecified atom stereocenters. The van der Waals surface area contributed by atoms with Crippen LogP contribution in [0.4, 0.5) is 0 Å². The van der Waals surface area contributed by atoms with Crippen molar-refractivity contribution in [1.29, 1.82) is 0 Å². The Kier molecular flexibility index (Phi) is 6.53. The van der Waals surface area contributed by atoms with Gasteiger partial charge in [0.15, 0.2) is 8.68 Å². The summed E-state index contributed by atoms with van der Waals surface area (Å²) < 4.78 is 7.22. The smallest absolute Gasteiger partial charge is 0.237 e. The fourth-order valence-electron chi connectivity index (χ4n) is 1.77. The summed E-state index contributed by atoms with van der Waals surface area (Å²) in [6.45, 7) is 2.19. The number of benzene rings is 1. The number of hydrogen-bond acceptors (Lipinski definition) is 8. The number of unbranched alkanes of at least 4 members (excludes halogenated alkanes) is 1. The van der Waals surface area contributed by atoms with Crippen LogP contribution in [0.3, 0.4) is 0 Å². The van der Waals surface area contributed by atoms with E-state index in [1.165, 1.54) is 12.8 Å². The number of nitrogens with zero attached hydrogens (tertiary/aromatic N) is 4. The number of halogens is 1. The molecule has 5 nitrogen and oxygen atoms in total. The lowest BCUT2D eigenvalue weighted by Crippen LogP contribution is -1.82. The first kappa shape index (κ1) is 17.7. The van der Waals surface area contributed by atoms with Gasteiger partial charge in [-0.15, -0.1) is 10.2 Å². The van der Waals surface area contributed by atoms with Crippen molar-refractivity contribution in [3.63, 3.8) is 0 Å². The van der Waals surface area contributed by atoms with Crippen LogP contribution >= 0.6 is 46.5 Å². The molecular weight excluding hydrogens is 384 g/mol. The summed E-state index contributed by atoms with van der Waals surface area (Å²) in [7, 11) is 0. The van der Waals surface area contributed by atoms with E-state index >= 15 is 0 Å². The minimum Gasteiger partial charge on any atom is -0.338 e. The highest BCUT2D eigenvalue weighted by Gasteiger charge is 2.11. The van der Waals surface area contributed by atoms with Gasteiger partial charge in [-0.1, -0.05) is 65.0 Å². The summed E-state index contributed by atoms with van der Waals surface area (Å²) in [5.74, 6) is 2.80. The first-order chi connectivity index (χ1) is 11.7. The molecule has 0 radical (unpaired) electrons. The molecule has 0 aliphatic heterocycles. The average molecular weight is 399 g/mol. The molecule has 3 rings (SSSR count). The van der Waals surface area contributed by atoms with E-state index in [1.54, 1.807) is 47.0 Å². The molecule has 0 atom stereocenters. The molecule has 0 bridgehead atoms. The normalized spacial score (nSPS) is 11.1. The van der Waals surface area contributed by atoms with Crippen LogP contribution in [0.25, 0.3) is 11.4 Å². The Balaban J connectivity index is 1.54. The lowest BCUT2D eigenvalue weighted by Gasteiger charge is -1.93. The van der Waals surface area contributed by atoms with Crippen LogP contribution in [0.1, 0.15) is 25.7 Å². The maximum Gasteiger partial charge on any atom is 0.237 e. The third kappa shape index (κ3) is 4.95. The minimum absolute atomic E-state index is 0.565. The van der Waals surface area contributed by atoms with E-state index in [9.17, 15) is 0 Å². The van der Waals surface area contributed by atoms with Gasteiger partial charge in [-0.05, 0) is 30.7 Å². The molecule has 126 valence electrons. The van der Waals surface area contributed by atoms with Gasteiger partial charge in [0.05, 0.1) is 5.75 Å². The summed E-state index contributed by atoms with van der Waals surface area (Å²) in [6.07, 6.45) is 2.39. The molecular formula is C15H15ClN4OS3. The van der Waals surface area contributed by atoms with Crippen molar-refractivity contribution in [3.05, 3.63) is 35.2 Å². The van der Waals surface area contributed by atoms with Gasteiger partial charge in [0.1, 0.15) is 0 Å². The van der Waals surface area contributed by atoms with Crippen LogP contribution in [-0.4, -0.2) is 26.1 Å². The largest absolute Gasteiger partial charge is 0.338 e. The second kappa shape index (κ2) is 8.84. The Morgan fingerprint density at radius 1 is 1.12 bits per heavy atom. The Bertz CT molecular complexity index is 775. The van der Waals surface area contributed by atoms with E-state index in [2.05, 4.69) is 27.3 Å². The van der Waals surface area contributed by atoms with Gasteiger partial charge in [0, 0.05) is 16.3 Å². The zero-order chi connectivity index (χ0) is 16.8. The highest BCUT2D eigenvalue weighted by atomic mass is 35.5. The third-order valence-electron chi connectivity index (χ3n) is 3.00. The number of thioether (sulfide) groups is 2. The minimum atomic E-state index is 0.565. The molecule has 3 aromatic rings. The van der Waals surface area contributed by atoms with Crippen molar-refractivity contribution in [3.8, 4) is 11.4 Å². The molecule has 0 aliphatic rings. The van der Waals surface area contributed by atoms with Gasteiger partial charge < -0.3 is 4.52 Å². The predicted molar refractivity (Wildman–Crippen MR) is 99.8 cm³/mol. The van der Waals surface area contributed by atoms with Crippen LogP contribution in [-0.2, 0) is 5.75 Å². The molecule has 0 N–H and O–H groups in total. The molecule has 0 amide bonds. The van der Waals surface area contributed by atoms with Crippen LogP contribution < -0.4 is 0 Å². The Labute approximate surface area is 157 Å². The second-order valence-electron chi connectivity index (χ2n) is 4.84. The predicted octanol–water partition coefficient (Wildman–Crippen LogP) is 5.43. The molecule has 1 aromatic carbocycles. The summed E-state index contributed by atoms with van der Waals surface area (Å²) in [5.41, 5.74) is 0.880. The highest BCUT2D eigenvalue weighted by Crippen LogP contribution is 2.31. The van der Waals surface area contributed by atoms with E-state index in [1.807, 2.05) is 12.1 Å². The van der Waals surface area contributed by atoms with Crippen LogP contribution in [0, 0.1) is 0 Å². The van der Waals surface area contributed by atoms with Crippen LogP contribution in [0.15, 0.2) is 37.5 Å². The van der Waals surface area contributed by atoms with Crippen LogP contribution in [0.5, 0.6) is 0 Å². The Morgan fingerprint density at radius 2 is 1.88 bits per heavy atom. The van der Waals surface area contributed by atoms with E-state index in [4.69, 9.17) is 16.1 Å². The second-order valence-corrected chi connectivity index (χ2v) is 8.82. The molecule has 2 heterocycles. The van der Waals surface area contributed by atoms with Gasteiger partial charge >= 0.3 is 0 Å². The average Bonchev–Trinajstić information content (AvgIpc) is 3.23. The molecule has 0 spiro atoms. The number of hydrogen-bond donors (Lipinski definition) is 0. The molecule has 0 fully saturated rings. The number of rotatable bonds is 8. The van der Waals surface area contributed by atoms with Crippen molar-refractivity contribution in [2.75, 3.05) is 5.75 Å². The first-order valence-corrected chi connectivity index (χ1v) is 10.6. The quantitative estimate of drug-likeness (QED) is 0.370. The maximum absolute atomic E-state index is 5.88. The molecule has 0 saturated carbocycles. The van der Waals surface area contributed by atoms with Gasteiger partial charge in [0.2, 0.25) is 11.7 Å². The summed E-state index contributed by atoms with van der Waals surface area (Å²) in [6, 6.07) is 7.35. The SMILES string of the molecule is CCCCSc1nnc(SCc2nc(-c3ccc(Cl)cc3)no2)s1. The van der Waals surface area contributed by atoms with Crippen molar-refractivity contribution in [2.24, 2.45) is 0 Å². The fourth-order valence-corrected chi connectivity index (χ4v) is 4.91. The van der Waals surface area contributed by atoms with E-state index in [-0.39, 0.29) is 0 Å². The zero-order valence-corrected chi connectivity index (χ0v) is 16.1. The summed E-state index contributed by atoms with van der Waals surface area (Å²) in [5, 5.41) is 13.1. The van der Waals surface area contributed by atoms with Gasteiger partial charge in [-0.2, -0.15) is 4.98 Å². The molecule has 2 aromatic heterocycles. The van der Waals surface area contributed by atoms with E-state index in [0.717, 1.165) is 20.0 Å². The third-order valence-corrected chi connectivity index (χ3v) is 6.51. The number of aromatic nitrogens is 4. The van der Waals surface area contributed by atoms with Crippen molar-refractivity contribution in [2.45, 2.75) is 34.2 Å². The molecule has 0 saturated heterocycles. The maximum atomic E-state index is 5.88. The van der Waals surface area contributed by atoms with E-state index < -0.39 is 0 Å². The zero-order valence-electron chi connectivity index (χ0n) is 12.9. The van der Waals surface area contributed by atoms with Crippen LogP contribution in [0.2, 0.25) is 5.02 Å². The molecule has 9 heteroatoms. The topological polar surface area (TPSA) is 64.7 Å². The molecule has 0 aliphatic carbocycles.